The molecule has 0 spiro atoms. The van der Waals surface area contributed by atoms with Gasteiger partial charge in [-0.2, -0.15) is 0 Å². The van der Waals surface area contributed by atoms with Crippen LogP contribution in [0.5, 0.6) is 0 Å². The Hall–Kier alpha value is -0.320. The second kappa shape index (κ2) is 3.90. The summed E-state index contributed by atoms with van der Waals surface area (Å²) in [6.45, 7) is 2.06. The second-order valence-corrected chi connectivity index (χ2v) is 3.00. The first-order valence-electron chi connectivity index (χ1n) is 3.48. The maximum atomic E-state index is 5.33. The molecule has 0 aliphatic carbocycles. The number of hydrogen-bond donors (Lipinski definition) is 2. The number of furan rings is 1. The Balaban J connectivity index is 2.81. The Bertz CT molecular complexity index is 220. The van der Waals surface area contributed by atoms with Crippen LogP contribution in [0.25, 0.3) is 0 Å². The lowest BCUT2D eigenvalue weighted by atomic mass is 10.1. The minimum atomic E-state index is 0.170. The van der Waals surface area contributed by atoms with Crippen molar-refractivity contribution in [3.63, 3.8) is 0 Å². The monoisotopic (exact) mass is 218 g/mol. The van der Waals surface area contributed by atoms with Crippen molar-refractivity contribution in [2.45, 2.75) is 19.4 Å². The maximum absolute atomic E-state index is 5.33. The van der Waals surface area contributed by atoms with E-state index in [2.05, 4.69) is 28.3 Å². The zero-order valence-electron chi connectivity index (χ0n) is 6.30. The summed E-state index contributed by atoms with van der Waals surface area (Å²) in [5, 5.41) is 0. The van der Waals surface area contributed by atoms with E-state index in [0.29, 0.717) is 0 Å². The predicted octanol–water partition coefficient (Wildman–Crippen LogP) is 1.96. The molecule has 1 aromatic heterocycles. The number of hydrazine groups is 1. The molecule has 3 nitrogen and oxygen atoms in total. The van der Waals surface area contributed by atoms with E-state index in [9.17, 15) is 0 Å². The van der Waals surface area contributed by atoms with E-state index >= 15 is 0 Å². The summed E-state index contributed by atoms with van der Waals surface area (Å²) in [4.78, 5) is 0. The van der Waals surface area contributed by atoms with Crippen molar-refractivity contribution in [3.8, 4) is 0 Å². The number of nitrogens with one attached hydrogen (secondary N) is 1. The summed E-state index contributed by atoms with van der Waals surface area (Å²) in [6, 6.07) is 2.07. The standard InChI is InChI=1S/C7H11BrN2O/c1-2-6(10-9)5-3-4-11-7(5)8/h3-4,6,10H,2,9H2,1H3. The summed E-state index contributed by atoms with van der Waals surface area (Å²) in [5.41, 5.74) is 3.77. The van der Waals surface area contributed by atoms with E-state index in [1.54, 1.807) is 6.26 Å². The van der Waals surface area contributed by atoms with Crippen LogP contribution in [0.3, 0.4) is 0 Å². The van der Waals surface area contributed by atoms with Gasteiger partial charge in [-0.25, -0.2) is 0 Å². The molecule has 0 amide bonds. The van der Waals surface area contributed by atoms with Gasteiger partial charge in [0.05, 0.1) is 12.3 Å². The third-order valence-corrected chi connectivity index (χ3v) is 2.28. The van der Waals surface area contributed by atoms with Gasteiger partial charge in [-0.05, 0) is 28.4 Å². The van der Waals surface area contributed by atoms with Crippen LogP contribution < -0.4 is 11.3 Å². The second-order valence-electron chi connectivity index (χ2n) is 2.28. The summed E-state index contributed by atoms with van der Waals surface area (Å²) in [7, 11) is 0. The van der Waals surface area contributed by atoms with Gasteiger partial charge < -0.3 is 4.42 Å². The van der Waals surface area contributed by atoms with Crippen LogP contribution in [0.4, 0.5) is 0 Å². The molecule has 0 saturated carbocycles. The van der Waals surface area contributed by atoms with E-state index in [-0.39, 0.29) is 6.04 Å². The van der Waals surface area contributed by atoms with Crippen molar-refractivity contribution in [2.24, 2.45) is 5.84 Å². The molecule has 1 unspecified atom stereocenters. The zero-order chi connectivity index (χ0) is 8.27. The highest BCUT2D eigenvalue weighted by molar-refractivity contribution is 9.10. The molecule has 11 heavy (non-hydrogen) atoms. The molecule has 1 rings (SSSR count). The zero-order valence-corrected chi connectivity index (χ0v) is 7.89. The highest BCUT2D eigenvalue weighted by atomic mass is 79.9. The number of rotatable bonds is 3. The molecule has 1 atom stereocenters. The average molecular weight is 219 g/mol. The molecular weight excluding hydrogens is 208 g/mol. The largest absolute Gasteiger partial charge is 0.457 e. The molecule has 0 fully saturated rings. The molecule has 3 N–H and O–H groups in total. The van der Waals surface area contributed by atoms with Crippen molar-refractivity contribution in [2.75, 3.05) is 0 Å². The lowest BCUT2D eigenvalue weighted by molar-refractivity contribution is 0.501. The maximum Gasteiger partial charge on any atom is 0.173 e. The van der Waals surface area contributed by atoms with Gasteiger partial charge in [-0.3, -0.25) is 11.3 Å². The fourth-order valence-corrected chi connectivity index (χ4v) is 1.50. The van der Waals surface area contributed by atoms with E-state index in [1.165, 1.54) is 0 Å². The van der Waals surface area contributed by atoms with E-state index < -0.39 is 0 Å². The highest BCUT2D eigenvalue weighted by Crippen LogP contribution is 2.25. The minimum absolute atomic E-state index is 0.170. The lowest BCUT2D eigenvalue weighted by Gasteiger charge is -2.10. The molecule has 0 aliphatic heterocycles. The summed E-state index contributed by atoms with van der Waals surface area (Å²) in [6.07, 6.45) is 2.58. The van der Waals surface area contributed by atoms with Crippen LogP contribution >= 0.6 is 15.9 Å². The first-order chi connectivity index (χ1) is 5.29. The number of halogens is 1. The third-order valence-electron chi connectivity index (χ3n) is 1.63. The van der Waals surface area contributed by atoms with Gasteiger partial charge in [0, 0.05) is 5.56 Å². The van der Waals surface area contributed by atoms with Gasteiger partial charge in [0.25, 0.3) is 0 Å². The fraction of sp³-hybridized carbons (Fsp3) is 0.429. The Kier molecular flexibility index (Phi) is 3.11. The summed E-state index contributed by atoms with van der Waals surface area (Å²) < 4.78 is 5.82. The van der Waals surface area contributed by atoms with Crippen molar-refractivity contribution >= 4 is 15.9 Å². The van der Waals surface area contributed by atoms with Crippen LogP contribution in [0.2, 0.25) is 0 Å². The smallest absolute Gasteiger partial charge is 0.173 e. The molecule has 0 radical (unpaired) electrons. The Labute approximate surface area is 74.0 Å². The molecule has 0 bridgehead atoms. The van der Waals surface area contributed by atoms with Gasteiger partial charge in [0.15, 0.2) is 4.67 Å². The highest BCUT2D eigenvalue weighted by Gasteiger charge is 2.12. The van der Waals surface area contributed by atoms with E-state index in [1.807, 2.05) is 6.07 Å². The Morgan fingerprint density at radius 3 is 2.91 bits per heavy atom. The molecule has 0 saturated heterocycles. The van der Waals surface area contributed by atoms with Gasteiger partial charge >= 0.3 is 0 Å². The number of nitrogens with two attached hydrogens (primary N) is 1. The molecule has 62 valence electrons. The molecule has 1 heterocycles. The van der Waals surface area contributed by atoms with E-state index in [4.69, 9.17) is 10.3 Å². The normalized spacial score (nSPS) is 13.4. The average Bonchev–Trinajstić information content (AvgIpc) is 2.40. The van der Waals surface area contributed by atoms with Gasteiger partial charge in [0.1, 0.15) is 0 Å². The van der Waals surface area contributed by atoms with Crippen LogP contribution in [0.1, 0.15) is 24.9 Å². The van der Waals surface area contributed by atoms with Crippen molar-refractivity contribution in [3.05, 3.63) is 22.6 Å². The first-order valence-corrected chi connectivity index (χ1v) is 4.28. The Morgan fingerprint density at radius 1 is 1.82 bits per heavy atom. The van der Waals surface area contributed by atoms with Crippen molar-refractivity contribution in [1.82, 2.24) is 5.43 Å². The van der Waals surface area contributed by atoms with Crippen LogP contribution in [0.15, 0.2) is 21.4 Å². The first kappa shape index (κ1) is 8.77. The van der Waals surface area contributed by atoms with Gasteiger partial charge in [0.2, 0.25) is 0 Å². The van der Waals surface area contributed by atoms with Crippen LogP contribution in [0, 0.1) is 0 Å². The molecular formula is C7H11BrN2O. The summed E-state index contributed by atoms with van der Waals surface area (Å²) >= 11 is 3.29. The topological polar surface area (TPSA) is 51.2 Å². The molecule has 0 aliphatic rings. The van der Waals surface area contributed by atoms with Crippen molar-refractivity contribution < 1.29 is 4.42 Å². The fourth-order valence-electron chi connectivity index (χ4n) is 0.981. The predicted molar refractivity (Wildman–Crippen MR) is 46.8 cm³/mol. The molecule has 4 heteroatoms. The van der Waals surface area contributed by atoms with Gasteiger partial charge in [-0.15, -0.1) is 0 Å². The van der Waals surface area contributed by atoms with Crippen LogP contribution in [-0.4, -0.2) is 0 Å². The van der Waals surface area contributed by atoms with E-state index in [0.717, 1.165) is 16.7 Å². The lowest BCUT2D eigenvalue weighted by Crippen LogP contribution is -2.27. The Morgan fingerprint density at radius 2 is 2.55 bits per heavy atom. The van der Waals surface area contributed by atoms with Crippen molar-refractivity contribution in [1.29, 1.82) is 0 Å². The minimum Gasteiger partial charge on any atom is -0.457 e. The summed E-state index contributed by atoms with van der Waals surface area (Å²) in [5.74, 6) is 5.33. The molecule has 0 aromatic carbocycles. The number of hydrogen-bond acceptors (Lipinski definition) is 3. The molecule has 1 aromatic rings. The van der Waals surface area contributed by atoms with Crippen LogP contribution in [-0.2, 0) is 0 Å². The SMILES string of the molecule is CCC(NN)c1ccoc1Br. The quantitative estimate of drug-likeness (QED) is 0.603. The van der Waals surface area contributed by atoms with Gasteiger partial charge in [-0.1, -0.05) is 6.92 Å². The third kappa shape index (κ3) is 1.83.